The van der Waals surface area contributed by atoms with Crippen molar-refractivity contribution in [3.63, 3.8) is 0 Å². The molecule has 2 heterocycles. The fraction of sp³-hybridized carbons (Fsp3) is 0.263. The summed E-state index contributed by atoms with van der Waals surface area (Å²) in [6, 6.07) is 9.85. The Hall–Kier alpha value is -2.34. The van der Waals surface area contributed by atoms with Crippen LogP contribution in [0.1, 0.15) is 25.0 Å². The highest BCUT2D eigenvalue weighted by atomic mass is 32.2. The Bertz CT molecular complexity index is 941. The van der Waals surface area contributed by atoms with Crippen LogP contribution in [-0.2, 0) is 5.41 Å². The van der Waals surface area contributed by atoms with Crippen molar-refractivity contribution in [3.8, 4) is 0 Å². The fourth-order valence-electron chi connectivity index (χ4n) is 3.89. The van der Waals surface area contributed by atoms with Crippen molar-refractivity contribution in [2.45, 2.75) is 29.0 Å². The van der Waals surface area contributed by atoms with Crippen LogP contribution in [0.3, 0.4) is 0 Å². The van der Waals surface area contributed by atoms with E-state index >= 15 is 0 Å². The van der Waals surface area contributed by atoms with Crippen molar-refractivity contribution < 1.29 is 9.31 Å². The van der Waals surface area contributed by atoms with Gasteiger partial charge in [0.2, 0.25) is 0 Å². The van der Waals surface area contributed by atoms with Crippen LogP contribution in [0, 0.1) is 15.9 Å². The van der Waals surface area contributed by atoms with E-state index in [1.807, 2.05) is 19.2 Å². The Kier molecular flexibility index (Phi) is 3.28. The minimum absolute atomic E-state index is 0.0874. The third-order valence-corrected chi connectivity index (χ3v) is 7.17. The molecule has 0 saturated heterocycles. The minimum atomic E-state index is -0.410. The lowest BCUT2D eigenvalue weighted by Crippen LogP contribution is -2.50. The summed E-state index contributed by atoms with van der Waals surface area (Å²) in [5, 5.41) is 11.0. The molecular formula is C19H17FN2O2S. The molecule has 0 bridgehead atoms. The Morgan fingerprint density at radius 2 is 1.96 bits per heavy atom. The predicted molar refractivity (Wildman–Crippen MR) is 98.5 cm³/mol. The van der Waals surface area contributed by atoms with Gasteiger partial charge in [0, 0.05) is 35.2 Å². The molecule has 0 amide bonds. The van der Waals surface area contributed by atoms with Gasteiger partial charge in [-0.05, 0) is 41.5 Å². The zero-order chi connectivity index (χ0) is 18.0. The molecular weight excluding hydrogens is 339 g/mol. The average Bonchev–Trinajstić information content (AvgIpc) is 2.73. The van der Waals surface area contributed by atoms with Crippen molar-refractivity contribution in [3.05, 3.63) is 69.5 Å². The highest BCUT2D eigenvalue weighted by Crippen LogP contribution is 2.60. The van der Waals surface area contributed by atoms with Gasteiger partial charge in [0.25, 0.3) is 5.69 Å². The van der Waals surface area contributed by atoms with Crippen LogP contribution in [0.2, 0.25) is 0 Å². The van der Waals surface area contributed by atoms with Gasteiger partial charge in [0.05, 0.1) is 4.92 Å². The Labute approximate surface area is 149 Å². The van der Waals surface area contributed by atoms with Crippen LogP contribution in [0.4, 0.5) is 15.8 Å². The average molecular weight is 356 g/mol. The zero-order valence-corrected chi connectivity index (χ0v) is 14.9. The zero-order valence-electron chi connectivity index (χ0n) is 14.1. The van der Waals surface area contributed by atoms with Gasteiger partial charge < -0.3 is 4.90 Å². The number of hydrogen-bond donors (Lipinski definition) is 0. The van der Waals surface area contributed by atoms with Crippen molar-refractivity contribution in [2.75, 3.05) is 11.9 Å². The largest absolute Gasteiger partial charge is 0.355 e. The number of likely N-dealkylation sites (N-methyl/N-ethyl adjacent to an activating group) is 1. The van der Waals surface area contributed by atoms with E-state index in [0.717, 1.165) is 21.7 Å². The van der Waals surface area contributed by atoms with Gasteiger partial charge in [-0.25, -0.2) is 4.39 Å². The molecule has 2 aliphatic rings. The SMILES string of the molecule is CN1c2ccc(F)cc2C(C)(C)C12C=Cc1cc([N+](=O)[O-])ccc1S2. The first-order valence-electron chi connectivity index (χ1n) is 7.97. The molecule has 1 spiro atoms. The number of nitrogens with zero attached hydrogens (tertiary/aromatic N) is 2. The molecule has 0 aliphatic carbocycles. The highest BCUT2D eigenvalue weighted by molar-refractivity contribution is 8.01. The summed E-state index contributed by atoms with van der Waals surface area (Å²) in [4.78, 5) is 13.4. The van der Waals surface area contributed by atoms with Crippen molar-refractivity contribution in [2.24, 2.45) is 0 Å². The van der Waals surface area contributed by atoms with E-state index in [1.54, 1.807) is 30.0 Å². The van der Waals surface area contributed by atoms with Gasteiger partial charge >= 0.3 is 0 Å². The second-order valence-corrected chi connectivity index (χ2v) is 8.22. The van der Waals surface area contributed by atoms with Gasteiger partial charge in [-0.15, -0.1) is 0 Å². The normalized spacial score (nSPS) is 22.8. The summed E-state index contributed by atoms with van der Waals surface area (Å²) in [6.07, 6.45) is 4.03. The van der Waals surface area contributed by atoms with Crippen LogP contribution in [-0.4, -0.2) is 16.8 Å². The quantitative estimate of drug-likeness (QED) is 0.534. The lowest BCUT2D eigenvalue weighted by Gasteiger charge is -2.45. The fourth-order valence-corrected chi connectivity index (χ4v) is 5.34. The molecule has 0 radical (unpaired) electrons. The second-order valence-electron chi connectivity index (χ2n) is 6.96. The molecule has 2 aromatic carbocycles. The highest BCUT2D eigenvalue weighted by Gasteiger charge is 2.56. The third-order valence-electron chi connectivity index (χ3n) is 5.35. The number of hydrogen-bond acceptors (Lipinski definition) is 4. The molecule has 0 saturated carbocycles. The Morgan fingerprint density at radius 1 is 1.20 bits per heavy atom. The van der Waals surface area contributed by atoms with Gasteiger partial charge in [-0.3, -0.25) is 10.1 Å². The van der Waals surface area contributed by atoms with E-state index in [0.29, 0.717) is 0 Å². The molecule has 4 nitrogen and oxygen atoms in total. The summed E-state index contributed by atoms with van der Waals surface area (Å²) >= 11 is 1.66. The maximum atomic E-state index is 13.8. The summed E-state index contributed by atoms with van der Waals surface area (Å²) in [6.45, 7) is 4.23. The summed E-state index contributed by atoms with van der Waals surface area (Å²) in [7, 11) is 2.01. The number of nitro benzene ring substituents is 1. The molecule has 6 heteroatoms. The van der Waals surface area contributed by atoms with Gasteiger partial charge in [-0.2, -0.15) is 0 Å². The standard InChI is InChI=1S/C19H17FN2O2S/c1-18(2)15-11-13(20)4-6-16(15)21(3)19(18)9-8-12-10-14(22(23)24)5-7-17(12)25-19/h4-11H,1-3H3. The minimum Gasteiger partial charge on any atom is -0.355 e. The maximum absolute atomic E-state index is 13.8. The van der Waals surface area contributed by atoms with E-state index in [1.165, 1.54) is 12.1 Å². The first kappa shape index (κ1) is 16.1. The second kappa shape index (κ2) is 5.08. The molecule has 1 unspecified atom stereocenters. The summed E-state index contributed by atoms with van der Waals surface area (Å²) in [5.41, 5.74) is 2.58. The monoisotopic (exact) mass is 356 g/mol. The van der Waals surface area contributed by atoms with Crippen LogP contribution in [0.5, 0.6) is 0 Å². The van der Waals surface area contributed by atoms with Crippen LogP contribution < -0.4 is 4.90 Å². The van der Waals surface area contributed by atoms with Gasteiger partial charge in [0.1, 0.15) is 10.7 Å². The Morgan fingerprint density at radius 3 is 2.68 bits per heavy atom. The molecule has 128 valence electrons. The van der Waals surface area contributed by atoms with E-state index < -0.39 is 4.87 Å². The van der Waals surface area contributed by atoms with Gasteiger partial charge in [-0.1, -0.05) is 31.7 Å². The number of fused-ring (bicyclic) bond motifs is 2. The molecule has 0 fully saturated rings. The first-order chi connectivity index (χ1) is 11.8. The van der Waals surface area contributed by atoms with Crippen LogP contribution in [0.15, 0.2) is 47.4 Å². The van der Waals surface area contributed by atoms with Crippen LogP contribution in [0.25, 0.3) is 6.08 Å². The number of nitro groups is 1. The molecule has 4 rings (SSSR count). The lowest BCUT2D eigenvalue weighted by atomic mass is 9.79. The number of non-ortho nitro benzene ring substituents is 1. The maximum Gasteiger partial charge on any atom is 0.270 e. The van der Waals surface area contributed by atoms with E-state index in [2.05, 4.69) is 24.8 Å². The molecule has 2 aromatic rings. The van der Waals surface area contributed by atoms with Crippen molar-refractivity contribution in [1.82, 2.24) is 0 Å². The first-order valence-corrected chi connectivity index (χ1v) is 8.78. The molecule has 0 N–H and O–H groups in total. The summed E-state index contributed by atoms with van der Waals surface area (Å²) < 4.78 is 13.8. The smallest absolute Gasteiger partial charge is 0.270 e. The third kappa shape index (κ3) is 2.07. The number of halogens is 1. The number of anilines is 1. The van der Waals surface area contributed by atoms with Crippen molar-refractivity contribution in [1.29, 1.82) is 0 Å². The summed E-state index contributed by atoms with van der Waals surface area (Å²) in [5.74, 6) is -0.238. The lowest BCUT2D eigenvalue weighted by molar-refractivity contribution is -0.384. The van der Waals surface area contributed by atoms with Gasteiger partial charge in [0.15, 0.2) is 0 Å². The number of rotatable bonds is 1. The Balaban J connectivity index is 1.85. The molecule has 0 aromatic heterocycles. The number of benzene rings is 2. The molecule has 1 atom stereocenters. The molecule has 2 aliphatic heterocycles. The van der Waals surface area contributed by atoms with Crippen molar-refractivity contribution >= 4 is 29.2 Å². The van der Waals surface area contributed by atoms with E-state index in [4.69, 9.17) is 0 Å². The number of thioether (sulfide) groups is 1. The topological polar surface area (TPSA) is 46.4 Å². The van der Waals surface area contributed by atoms with E-state index in [-0.39, 0.29) is 21.8 Å². The van der Waals surface area contributed by atoms with Crippen LogP contribution >= 0.6 is 11.8 Å². The van der Waals surface area contributed by atoms with E-state index in [9.17, 15) is 14.5 Å². The predicted octanol–water partition coefficient (Wildman–Crippen LogP) is 4.98. The molecule has 25 heavy (non-hydrogen) atoms.